The van der Waals surface area contributed by atoms with Crippen molar-refractivity contribution in [2.24, 2.45) is 5.73 Å². The molecule has 15 heavy (non-hydrogen) atoms. The highest BCUT2D eigenvalue weighted by atomic mass is 35.5. The normalized spacial score (nSPS) is 10.3. The van der Waals surface area contributed by atoms with Crippen LogP contribution in [0.3, 0.4) is 0 Å². The zero-order valence-corrected chi connectivity index (χ0v) is 9.39. The van der Waals surface area contributed by atoms with E-state index in [1.165, 1.54) is 11.3 Å². The van der Waals surface area contributed by atoms with Gasteiger partial charge in [-0.25, -0.2) is 4.98 Å². The first-order valence-electron chi connectivity index (χ1n) is 4.35. The number of aromatic nitrogens is 1. The Morgan fingerprint density at radius 3 is 2.93 bits per heavy atom. The van der Waals surface area contributed by atoms with Gasteiger partial charge in [-0.2, -0.15) is 0 Å². The molecule has 78 valence electrons. The lowest BCUT2D eigenvalue weighted by molar-refractivity contribution is 0.479. The van der Waals surface area contributed by atoms with Crippen molar-refractivity contribution in [2.75, 3.05) is 0 Å². The molecule has 0 aliphatic carbocycles. The smallest absolute Gasteiger partial charge is 0.278 e. The van der Waals surface area contributed by atoms with Crippen LogP contribution in [0.1, 0.15) is 5.56 Å². The molecule has 1 aromatic heterocycles. The predicted molar refractivity (Wildman–Crippen MR) is 61.5 cm³/mol. The maximum Gasteiger partial charge on any atom is 0.278 e. The fourth-order valence-electron chi connectivity index (χ4n) is 1.11. The molecule has 0 radical (unpaired) electrons. The number of ether oxygens (including phenoxy) is 1. The van der Waals surface area contributed by atoms with Gasteiger partial charge < -0.3 is 10.5 Å². The standard InChI is InChI=1S/C10H9ClN2OS/c11-8-5-7(6-12)1-2-9(8)14-10-13-3-4-15-10/h1-5H,6,12H2. The molecule has 1 aromatic carbocycles. The Morgan fingerprint density at radius 2 is 2.33 bits per heavy atom. The second kappa shape index (κ2) is 4.61. The number of thiazole rings is 1. The number of benzene rings is 1. The van der Waals surface area contributed by atoms with E-state index in [4.69, 9.17) is 22.1 Å². The lowest BCUT2D eigenvalue weighted by Gasteiger charge is -2.05. The predicted octanol–water partition coefficient (Wildman–Crippen LogP) is 3.05. The highest BCUT2D eigenvalue weighted by Gasteiger charge is 2.05. The Hall–Kier alpha value is -1.10. The third-order valence-electron chi connectivity index (χ3n) is 1.84. The molecule has 2 aromatic rings. The van der Waals surface area contributed by atoms with E-state index in [1.54, 1.807) is 18.3 Å². The van der Waals surface area contributed by atoms with Gasteiger partial charge in [0.2, 0.25) is 0 Å². The molecule has 0 spiro atoms. The summed E-state index contributed by atoms with van der Waals surface area (Å²) in [7, 11) is 0. The van der Waals surface area contributed by atoms with Crippen LogP contribution < -0.4 is 10.5 Å². The molecule has 5 heteroatoms. The average molecular weight is 241 g/mol. The minimum absolute atomic E-state index is 0.469. The number of nitrogens with two attached hydrogens (primary N) is 1. The number of nitrogens with zero attached hydrogens (tertiary/aromatic N) is 1. The fraction of sp³-hybridized carbons (Fsp3) is 0.100. The summed E-state index contributed by atoms with van der Waals surface area (Å²) in [4.78, 5) is 4.01. The molecule has 1 heterocycles. The van der Waals surface area contributed by atoms with Crippen LogP contribution in [0.15, 0.2) is 29.8 Å². The first-order chi connectivity index (χ1) is 7.29. The van der Waals surface area contributed by atoms with Gasteiger partial charge in [0, 0.05) is 18.1 Å². The maximum atomic E-state index is 6.02. The first-order valence-corrected chi connectivity index (χ1v) is 5.61. The SMILES string of the molecule is NCc1ccc(Oc2nccs2)c(Cl)c1. The van der Waals surface area contributed by atoms with Gasteiger partial charge in [-0.05, 0) is 17.7 Å². The molecule has 0 fully saturated rings. The van der Waals surface area contributed by atoms with Gasteiger partial charge >= 0.3 is 0 Å². The van der Waals surface area contributed by atoms with Crippen LogP contribution in [-0.4, -0.2) is 4.98 Å². The molecule has 0 bridgehead atoms. The van der Waals surface area contributed by atoms with Crippen molar-refractivity contribution < 1.29 is 4.74 Å². The van der Waals surface area contributed by atoms with Crippen molar-refractivity contribution in [2.45, 2.75) is 6.54 Å². The highest BCUT2D eigenvalue weighted by molar-refractivity contribution is 7.11. The molecular formula is C10H9ClN2OS. The molecule has 0 atom stereocenters. The number of halogens is 1. The van der Waals surface area contributed by atoms with Crippen LogP contribution in [0.5, 0.6) is 10.9 Å². The summed E-state index contributed by atoms with van der Waals surface area (Å²) in [5.41, 5.74) is 6.47. The van der Waals surface area contributed by atoms with Crippen molar-refractivity contribution in [3.8, 4) is 10.9 Å². The zero-order chi connectivity index (χ0) is 10.7. The zero-order valence-electron chi connectivity index (χ0n) is 7.81. The monoisotopic (exact) mass is 240 g/mol. The summed E-state index contributed by atoms with van der Waals surface area (Å²) in [5.74, 6) is 0.601. The van der Waals surface area contributed by atoms with Crippen molar-refractivity contribution >= 4 is 22.9 Å². The number of rotatable bonds is 3. The van der Waals surface area contributed by atoms with E-state index >= 15 is 0 Å². The summed E-state index contributed by atoms with van der Waals surface area (Å²) in [6, 6.07) is 5.48. The van der Waals surface area contributed by atoms with E-state index in [0.29, 0.717) is 22.5 Å². The Labute approximate surface area is 96.5 Å². The van der Waals surface area contributed by atoms with Gasteiger partial charge in [-0.3, -0.25) is 0 Å². The summed E-state index contributed by atoms with van der Waals surface area (Å²) in [6.45, 7) is 0.469. The Kier molecular flexibility index (Phi) is 3.20. The van der Waals surface area contributed by atoms with E-state index in [2.05, 4.69) is 4.98 Å². The van der Waals surface area contributed by atoms with Gasteiger partial charge in [0.05, 0.1) is 5.02 Å². The van der Waals surface area contributed by atoms with Crippen LogP contribution >= 0.6 is 22.9 Å². The molecule has 0 unspecified atom stereocenters. The summed E-state index contributed by atoms with van der Waals surface area (Å²) in [5, 5.41) is 2.97. The average Bonchev–Trinajstić information content (AvgIpc) is 2.74. The molecule has 0 saturated carbocycles. The van der Waals surface area contributed by atoms with E-state index in [0.717, 1.165) is 5.56 Å². The van der Waals surface area contributed by atoms with Gasteiger partial charge in [0.25, 0.3) is 5.19 Å². The van der Waals surface area contributed by atoms with Crippen LogP contribution in [0.2, 0.25) is 5.02 Å². The molecule has 0 aliphatic heterocycles. The van der Waals surface area contributed by atoms with Crippen LogP contribution in [0.25, 0.3) is 0 Å². The molecule has 0 amide bonds. The molecule has 0 aliphatic rings. The lowest BCUT2D eigenvalue weighted by atomic mass is 10.2. The Bertz CT molecular complexity index is 445. The summed E-state index contributed by atoms with van der Waals surface area (Å²) >= 11 is 7.44. The second-order valence-electron chi connectivity index (χ2n) is 2.87. The van der Waals surface area contributed by atoms with Gasteiger partial charge in [0.1, 0.15) is 5.75 Å². The topological polar surface area (TPSA) is 48.1 Å². The minimum Gasteiger partial charge on any atom is -0.429 e. The molecule has 3 nitrogen and oxygen atoms in total. The van der Waals surface area contributed by atoms with Crippen LogP contribution in [0.4, 0.5) is 0 Å². The number of hydrogen-bond acceptors (Lipinski definition) is 4. The minimum atomic E-state index is 0.469. The molecule has 2 rings (SSSR count). The number of hydrogen-bond donors (Lipinski definition) is 1. The van der Waals surface area contributed by atoms with Gasteiger partial charge in [-0.1, -0.05) is 29.0 Å². The Morgan fingerprint density at radius 1 is 1.47 bits per heavy atom. The maximum absolute atomic E-state index is 6.02. The summed E-state index contributed by atoms with van der Waals surface area (Å²) < 4.78 is 5.48. The summed E-state index contributed by atoms with van der Waals surface area (Å²) in [6.07, 6.45) is 1.68. The third kappa shape index (κ3) is 2.47. The van der Waals surface area contributed by atoms with Crippen LogP contribution in [0, 0.1) is 0 Å². The molecule has 0 saturated heterocycles. The van der Waals surface area contributed by atoms with Gasteiger partial charge in [-0.15, -0.1) is 0 Å². The van der Waals surface area contributed by atoms with E-state index in [-0.39, 0.29) is 0 Å². The Balaban J connectivity index is 2.22. The van der Waals surface area contributed by atoms with E-state index in [9.17, 15) is 0 Å². The highest BCUT2D eigenvalue weighted by Crippen LogP contribution is 2.30. The fourth-order valence-corrected chi connectivity index (χ4v) is 1.85. The van der Waals surface area contributed by atoms with Crippen molar-refractivity contribution in [3.05, 3.63) is 40.4 Å². The van der Waals surface area contributed by atoms with Crippen molar-refractivity contribution in [3.63, 3.8) is 0 Å². The quantitative estimate of drug-likeness (QED) is 0.897. The first kappa shape index (κ1) is 10.4. The lowest BCUT2D eigenvalue weighted by Crippen LogP contribution is -1.96. The van der Waals surface area contributed by atoms with E-state index < -0.39 is 0 Å². The molecular weight excluding hydrogens is 232 g/mol. The van der Waals surface area contributed by atoms with Crippen molar-refractivity contribution in [1.82, 2.24) is 4.98 Å². The van der Waals surface area contributed by atoms with Gasteiger partial charge in [0.15, 0.2) is 0 Å². The van der Waals surface area contributed by atoms with Crippen LogP contribution in [-0.2, 0) is 6.54 Å². The third-order valence-corrected chi connectivity index (χ3v) is 2.78. The van der Waals surface area contributed by atoms with Crippen molar-refractivity contribution in [1.29, 1.82) is 0 Å². The largest absolute Gasteiger partial charge is 0.429 e. The van der Waals surface area contributed by atoms with E-state index in [1.807, 2.05) is 11.4 Å². The second-order valence-corrected chi connectivity index (χ2v) is 4.13. The molecule has 2 N–H and O–H groups in total.